The van der Waals surface area contributed by atoms with Gasteiger partial charge in [-0.25, -0.2) is 0 Å². The Morgan fingerprint density at radius 3 is 2.42 bits per heavy atom. The summed E-state index contributed by atoms with van der Waals surface area (Å²) in [5, 5.41) is 9.96. The Balaban J connectivity index is 2.77. The topological polar surface area (TPSA) is 29.5 Å². The number of aliphatic hydroxyl groups is 1. The van der Waals surface area contributed by atoms with Crippen molar-refractivity contribution in [1.82, 2.24) is 0 Å². The quantitative estimate of drug-likeness (QED) is 0.807. The van der Waals surface area contributed by atoms with Gasteiger partial charge >= 0.3 is 0 Å². The molecule has 0 aliphatic rings. The molecule has 1 aromatic carbocycles. The lowest BCUT2D eigenvalue weighted by atomic mass is 10.1. The minimum absolute atomic E-state index is 0.434. The highest BCUT2D eigenvalue weighted by atomic mass is 79.9. The monoisotopic (exact) mass is 230 g/mol. The predicted octanol–water partition coefficient (Wildman–Crippen LogP) is 2.12. The highest BCUT2D eigenvalue weighted by Gasteiger charge is 2.04. The van der Waals surface area contributed by atoms with Crippen molar-refractivity contribution in [2.75, 3.05) is 12.4 Å². The normalized spacial score (nSPS) is 12.6. The molecule has 1 N–H and O–H groups in total. The average Bonchev–Trinajstić information content (AvgIpc) is 2.17. The molecule has 0 fully saturated rings. The van der Waals surface area contributed by atoms with Gasteiger partial charge in [-0.3, -0.25) is 0 Å². The lowest BCUT2D eigenvalue weighted by molar-refractivity contribution is 0.205. The van der Waals surface area contributed by atoms with Crippen LogP contribution in [0.15, 0.2) is 24.3 Å². The van der Waals surface area contributed by atoms with Crippen LogP contribution in [0.2, 0.25) is 0 Å². The lowest BCUT2D eigenvalue weighted by Gasteiger charge is -2.07. The maximum atomic E-state index is 9.41. The van der Waals surface area contributed by atoms with Gasteiger partial charge in [-0.05, 0) is 17.7 Å². The van der Waals surface area contributed by atoms with Gasteiger partial charge in [0.05, 0.1) is 13.2 Å². The third kappa shape index (κ3) is 2.22. The first kappa shape index (κ1) is 9.55. The fraction of sp³-hybridized carbons (Fsp3) is 0.333. The van der Waals surface area contributed by atoms with Gasteiger partial charge in [-0.2, -0.15) is 0 Å². The van der Waals surface area contributed by atoms with Crippen molar-refractivity contribution in [2.45, 2.75) is 6.10 Å². The highest BCUT2D eigenvalue weighted by Crippen LogP contribution is 2.18. The van der Waals surface area contributed by atoms with Gasteiger partial charge in [-0.1, -0.05) is 28.1 Å². The average molecular weight is 231 g/mol. The first-order chi connectivity index (χ1) is 5.77. The van der Waals surface area contributed by atoms with E-state index < -0.39 is 6.10 Å². The van der Waals surface area contributed by atoms with E-state index in [1.165, 1.54) is 0 Å². The Kier molecular flexibility index (Phi) is 3.56. The van der Waals surface area contributed by atoms with Crippen molar-refractivity contribution < 1.29 is 9.84 Å². The van der Waals surface area contributed by atoms with E-state index in [1.54, 1.807) is 7.11 Å². The summed E-state index contributed by atoms with van der Waals surface area (Å²) in [6.45, 7) is 0. The zero-order valence-corrected chi connectivity index (χ0v) is 8.41. The fourth-order valence-corrected chi connectivity index (χ4v) is 1.29. The Morgan fingerprint density at radius 1 is 1.42 bits per heavy atom. The van der Waals surface area contributed by atoms with Crippen LogP contribution in [0, 0.1) is 0 Å². The summed E-state index contributed by atoms with van der Waals surface area (Å²) in [5.74, 6) is 0.806. The van der Waals surface area contributed by atoms with E-state index in [0.29, 0.717) is 5.33 Å². The third-order valence-corrected chi connectivity index (χ3v) is 2.26. The van der Waals surface area contributed by atoms with E-state index in [-0.39, 0.29) is 0 Å². The molecule has 0 heterocycles. The molecule has 2 nitrogen and oxygen atoms in total. The molecule has 0 spiro atoms. The summed E-state index contributed by atoms with van der Waals surface area (Å²) in [6.07, 6.45) is -0.434. The second-order valence-electron chi connectivity index (χ2n) is 2.44. The van der Waals surface area contributed by atoms with Gasteiger partial charge in [-0.15, -0.1) is 0 Å². The largest absolute Gasteiger partial charge is 0.497 e. The van der Waals surface area contributed by atoms with E-state index in [2.05, 4.69) is 15.9 Å². The van der Waals surface area contributed by atoms with Crippen molar-refractivity contribution in [1.29, 1.82) is 0 Å². The second kappa shape index (κ2) is 4.48. The first-order valence-electron chi connectivity index (χ1n) is 3.66. The Hall–Kier alpha value is -0.540. The molecule has 0 saturated carbocycles. The summed E-state index contributed by atoms with van der Waals surface area (Å²) in [5.41, 5.74) is 0.896. The number of halogens is 1. The molecule has 0 saturated heterocycles. The number of alkyl halides is 1. The molecule has 1 rings (SSSR count). The molecule has 1 unspecified atom stereocenters. The van der Waals surface area contributed by atoms with Crippen LogP contribution in [-0.4, -0.2) is 17.5 Å². The molecule has 0 amide bonds. The lowest BCUT2D eigenvalue weighted by Crippen LogP contribution is -1.97. The summed E-state index contributed by atoms with van der Waals surface area (Å²) >= 11 is 3.21. The summed E-state index contributed by atoms with van der Waals surface area (Å²) in [6, 6.07) is 7.37. The van der Waals surface area contributed by atoms with Crippen molar-refractivity contribution >= 4 is 15.9 Å². The van der Waals surface area contributed by atoms with Crippen LogP contribution in [0.4, 0.5) is 0 Å². The molecule has 3 heteroatoms. The van der Waals surface area contributed by atoms with Gasteiger partial charge in [0, 0.05) is 5.33 Å². The number of hydrogen-bond donors (Lipinski definition) is 1. The van der Waals surface area contributed by atoms with Crippen molar-refractivity contribution in [3.63, 3.8) is 0 Å². The fourth-order valence-electron chi connectivity index (χ4n) is 0.915. The van der Waals surface area contributed by atoms with Gasteiger partial charge < -0.3 is 9.84 Å². The predicted molar refractivity (Wildman–Crippen MR) is 51.7 cm³/mol. The molecule has 0 aromatic heterocycles. The number of hydrogen-bond acceptors (Lipinski definition) is 2. The highest BCUT2D eigenvalue weighted by molar-refractivity contribution is 9.09. The molecule has 12 heavy (non-hydrogen) atoms. The molecule has 1 atom stereocenters. The summed E-state index contributed by atoms with van der Waals surface area (Å²) < 4.78 is 4.99. The van der Waals surface area contributed by atoms with Crippen LogP contribution < -0.4 is 4.74 Å². The standard InChI is InChI=1S/C9H11BrO2/c1-12-8-4-2-7(3-5-8)9(11)6-10/h2-5,9,11H,6H2,1H3. The number of aliphatic hydroxyl groups excluding tert-OH is 1. The van der Waals surface area contributed by atoms with Gasteiger partial charge in [0.25, 0.3) is 0 Å². The van der Waals surface area contributed by atoms with Crippen molar-refractivity contribution in [3.05, 3.63) is 29.8 Å². The Bertz CT molecular complexity index is 233. The number of methoxy groups -OCH3 is 1. The Labute approximate surface area is 80.3 Å². The maximum Gasteiger partial charge on any atom is 0.118 e. The van der Waals surface area contributed by atoms with Crippen LogP contribution in [0.3, 0.4) is 0 Å². The molecule has 1 aromatic rings. The molecule has 66 valence electrons. The molecule has 0 aliphatic carbocycles. The first-order valence-corrected chi connectivity index (χ1v) is 4.78. The maximum absolute atomic E-state index is 9.41. The van der Waals surface area contributed by atoms with Crippen molar-refractivity contribution in [2.24, 2.45) is 0 Å². The van der Waals surface area contributed by atoms with Crippen LogP contribution in [0.25, 0.3) is 0 Å². The second-order valence-corrected chi connectivity index (χ2v) is 3.09. The zero-order valence-electron chi connectivity index (χ0n) is 6.83. The van der Waals surface area contributed by atoms with E-state index in [9.17, 15) is 5.11 Å². The SMILES string of the molecule is COc1ccc(C(O)CBr)cc1. The van der Waals surface area contributed by atoms with Crippen LogP contribution in [0.5, 0.6) is 5.75 Å². The smallest absolute Gasteiger partial charge is 0.118 e. The molecular weight excluding hydrogens is 220 g/mol. The summed E-state index contributed by atoms with van der Waals surface area (Å²) in [4.78, 5) is 0. The molecule has 0 radical (unpaired) electrons. The number of benzene rings is 1. The van der Waals surface area contributed by atoms with Crippen molar-refractivity contribution in [3.8, 4) is 5.75 Å². The van der Waals surface area contributed by atoms with Gasteiger partial charge in [0.1, 0.15) is 5.75 Å². The van der Waals surface area contributed by atoms with Gasteiger partial charge in [0.2, 0.25) is 0 Å². The zero-order chi connectivity index (χ0) is 8.97. The Morgan fingerprint density at radius 2 is 2.00 bits per heavy atom. The van der Waals surface area contributed by atoms with Crippen LogP contribution in [-0.2, 0) is 0 Å². The minimum Gasteiger partial charge on any atom is -0.497 e. The van der Waals surface area contributed by atoms with Gasteiger partial charge in [0.15, 0.2) is 0 Å². The minimum atomic E-state index is -0.434. The van der Waals surface area contributed by atoms with Crippen LogP contribution in [0.1, 0.15) is 11.7 Å². The van der Waals surface area contributed by atoms with E-state index >= 15 is 0 Å². The van der Waals surface area contributed by atoms with E-state index in [0.717, 1.165) is 11.3 Å². The number of ether oxygens (including phenoxy) is 1. The van der Waals surface area contributed by atoms with Crippen LogP contribution >= 0.6 is 15.9 Å². The molecule has 0 aliphatic heterocycles. The third-order valence-electron chi connectivity index (χ3n) is 1.65. The molecule has 0 bridgehead atoms. The molecular formula is C9H11BrO2. The van der Waals surface area contributed by atoms with E-state index in [1.807, 2.05) is 24.3 Å². The number of rotatable bonds is 3. The summed E-state index contributed by atoms with van der Waals surface area (Å²) in [7, 11) is 1.62. The van der Waals surface area contributed by atoms with E-state index in [4.69, 9.17) is 4.74 Å².